The van der Waals surface area contributed by atoms with Crippen LogP contribution in [-0.2, 0) is 0 Å². The van der Waals surface area contributed by atoms with Crippen molar-refractivity contribution in [1.29, 1.82) is 0 Å². The predicted octanol–water partition coefficient (Wildman–Crippen LogP) is 1.74. The number of aromatic amines is 1. The highest BCUT2D eigenvalue weighted by Gasteiger charge is 2.18. The van der Waals surface area contributed by atoms with E-state index < -0.39 is 0 Å². The van der Waals surface area contributed by atoms with Crippen molar-refractivity contribution < 1.29 is 9.18 Å². The summed E-state index contributed by atoms with van der Waals surface area (Å²) in [6.07, 6.45) is 0.959. The topological polar surface area (TPSA) is 48.1 Å². The van der Waals surface area contributed by atoms with Crippen LogP contribution in [-0.4, -0.2) is 42.0 Å². The number of aromatic nitrogens is 1. The Hall–Kier alpha value is -1.88. The van der Waals surface area contributed by atoms with Gasteiger partial charge >= 0.3 is 0 Å². The Labute approximate surface area is 110 Å². The first-order chi connectivity index (χ1) is 9.24. The second-order valence-electron chi connectivity index (χ2n) is 4.81. The molecule has 2 heterocycles. The first-order valence-corrected chi connectivity index (χ1v) is 6.52. The van der Waals surface area contributed by atoms with Gasteiger partial charge in [0, 0.05) is 30.5 Å². The number of hydrogen-bond donors (Lipinski definition) is 2. The molecule has 0 bridgehead atoms. The van der Waals surface area contributed by atoms with Crippen molar-refractivity contribution in [2.24, 2.45) is 0 Å². The molecule has 0 aliphatic carbocycles. The molecule has 0 saturated carbocycles. The maximum atomic E-state index is 13.1. The van der Waals surface area contributed by atoms with Crippen molar-refractivity contribution in [3.63, 3.8) is 0 Å². The zero-order chi connectivity index (χ0) is 13.2. The summed E-state index contributed by atoms with van der Waals surface area (Å²) in [5.74, 6) is -0.301. The minimum Gasteiger partial charge on any atom is -0.351 e. The van der Waals surface area contributed by atoms with Gasteiger partial charge in [-0.05, 0) is 37.2 Å². The lowest BCUT2D eigenvalue weighted by Crippen LogP contribution is -2.34. The summed E-state index contributed by atoms with van der Waals surface area (Å²) in [6, 6.07) is 6.21. The third kappa shape index (κ3) is 2.46. The fourth-order valence-corrected chi connectivity index (χ4v) is 2.44. The molecule has 19 heavy (non-hydrogen) atoms. The SMILES string of the molecule is O=C(c1cc2cc(F)ccc2[nH]1)N1CCCNCC1. The highest BCUT2D eigenvalue weighted by molar-refractivity contribution is 5.98. The molecule has 2 N–H and O–H groups in total. The Morgan fingerprint density at radius 2 is 2.11 bits per heavy atom. The summed E-state index contributed by atoms with van der Waals surface area (Å²) in [7, 11) is 0. The first-order valence-electron chi connectivity index (χ1n) is 6.52. The minimum absolute atomic E-state index is 0.0136. The molecule has 5 heteroatoms. The number of H-pyrrole nitrogens is 1. The van der Waals surface area contributed by atoms with E-state index in [0.717, 1.165) is 37.0 Å². The molecule has 100 valence electrons. The van der Waals surface area contributed by atoms with E-state index in [1.54, 1.807) is 12.1 Å². The van der Waals surface area contributed by atoms with Gasteiger partial charge in [0.05, 0.1) is 0 Å². The molecule has 1 saturated heterocycles. The quantitative estimate of drug-likeness (QED) is 0.821. The molecule has 1 aliphatic heterocycles. The third-order valence-electron chi connectivity index (χ3n) is 3.44. The average molecular weight is 261 g/mol. The van der Waals surface area contributed by atoms with E-state index >= 15 is 0 Å². The van der Waals surface area contributed by atoms with Gasteiger partial charge in [0.15, 0.2) is 0 Å². The number of rotatable bonds is 1. The van der Waals surface area contributed by atoms with Crippen LogP contribution in [0, 0.1) is 5.82 Å². The standard InChI is InChI=1S/C14H16FN3O/c15-11-2-3-12-10(8-11)9-13(17-12)14(19)18-6-1-4-16-5-7-18/h2-3,8-9,16-17H,1,4-7H2. The van der Waals surface area contributed by atoms with E-state index in [4.69, 9.17) is 0 Å². The van der Waals surface area contributed by atoms with E-state index in [1.807, 2.05) is 4.90 Å². The largest absolute Gasteiger partial charge is 0.351 e. The number of benzene rings is 1. The zero-order valence-electron chi connectivity index (χ0n) is 10.6. The van der Waals surface area contributed by atoms with Crippen molar-refractivity contribution in [2.45, 2.75) is 6.42 Å². The van der Waals surface area contributed by atoms with E-state index in [0.29, 0.717) is 12.2 Å². The number of nitrogens with zero attached hydrogens (tertiary/aromatic N) is 1. The van der Waals surface area contributed by atoms with Gasteiger partial charge < -0.3 is 15.2 Å². The fraction of sp³-hybridized carbons (Fsp3) is 0.357. The Morgan fingerprint density at radius 3 is 3.00 bits per heavy atom. The molecule has 1 aromatic carbocycles. The molecule has 1 amide bonds. The van der Waals surface area contributed by atoms with Crippen molar-refractivity contribution in [1.82, 2.24) is 15.2 Å². The van der Waals surface area contributed by atoms with Crippen LogP contribution >= 0.6 is 0 Å². The monoisotopic (exact) mass is 261 g/mol. The van der Waals surface area contributed by atoms with Crippen molar-refractivity contribution in [3.8, 4) is 0 Å². The van der Waals surface area contributed by atoms with Gasteiger partial charge in [0.1, 0.15) is 11.5 Å². The van der Waals surface area contributed by atoms with E-state index in [9.17, 15) is 9.18 Å². The maximum absolute atomic E-state index is 13.1. The third-order valence-corrected chi connectivity index (χ3v) is 3.44. The van der Waals surface area contributed by atoms with Gasteiger partial charge in [-0.3, -0.25) is 4.79 Å². The molecular formula is C14H16FN3O. The summed E-state index contributed by atoms with van der Waals surface area (Å²) >= 11 is 0. The van der Waals surface area contributed by atoms with Crippen LogP contribution in [0.5, 0.6) is 0 Å². The number of nitrogens with one attached hydrogen (secondary N) is 2. The lowest BCUT2D eigenvalue weighted by molar-refractivity contribution is 0.0761. The number of fused-ring (bicyclic) bond motifs is 1. The summed E-state index contributed by atoms with van der Waals surface area (Å²) in [6.45, 7) is 3.24. The Morgan fingerprint density at radius 1 is 1.21 bits per heavy atom. The van der Waals surface area contributed by atoms with Gasteiger partial charge in [0.25, 0.3) is 5.91 Å². The highest BCUT2D eigenvalue weighted by Crippen LogP contribution is 2.18. The van der Waals surface area contributed by atoms with E-state index in [1.165, 1.54) is 12.1 Å². The Kier molecular flexibility index (Phi) is 3.21. The van der Waals surface area contributed by atoms with Crippen LogP contribution in [0.2, 0.25) is 0 Å². The van der Waals surface area contributed by atoms with Gasteiger partial charge in [-0.25, -0.2) is 4.39 Å². The first kappa shape index (κ1) is 12.2. The number of hydrogen-bond acceptors (Lipinski definition) is 2. The molecule has 1 aromatic heterocycles. The Balaban J connectivity index is 1.88. The smallest absolute Gasteiger partial charge is 0.270 e. The summed E-state index contributed by atoms with van der Waals surface area (Å²) < 4.78 is 13.1. The molecule has 4 nitrogen and oxygen atoms in total. The summed E-state index contributed by atoms with van der Waals surface area (Å²) in [5, 5.41) is 4.00. The van der Waals surface area contributed by atoms with Crippen molar-refractivity contribution >= 4 is 16.8 Å². The number of amides is 1. The van der Waals surface area contributed by atoms with Crippen LogP contribution in [0.3, 0.4) is 0 Å². The predicted molar refractivity (Wildman–Crippen MR) is 71.6 cm³/mol. The van der Waals surface area contributed by atoms with Crippen molar-refractivity contribution in [3.05, 3.63) is 35.8 Å². The van der Waals surface area contributed by atoms with Gasteiger partial charge in [-0.2, -0.15) is 0 Å². The second kappa shape index (κ2) is 5.01. The molecule has 2 aromatic rings. The highest BCUT2D eigenvalue weighted by atomic mass is 19.1. The number of halogens is 1. The summed E-state index contributed by atoms with van der Waals surface area (Å²) in [4.78, 5) is 17.3. The van der Waals surface area contributed by atoms with Crippen LogP contribution in [0.25, 0.3) is 10.9 Å². The molecule has 3 rings (SSSR count). The normalized spacial score (nSPS) is 16.6. The van der Waals surface area contributed by atoms with Crippen LogP contribution in [0.15, 0.2) is 24.3 Å². The van der Waals surface area contributed by atoms with Crippen molar-refractivity contribution in [2.75, 3.05) is 26.2 Å². The lowest BCUT2D eigenvalue weighted by atomic mass is 10.2. The molecule has 0 spiro atoms. The molecule has 1 fully saturated rings. The maximum Gasteiger partial charge on any atom is 0.270 e. The van der Waals surface area contributed by atoms with E-state index in [-0.39, 0.29) is 11.7 Å². The zero-order valence-corrected chi connectivity index (χ0v) is 10.6. The van der Waals surface area contributed by atoms with Gasteiger partial charge in [0.2, 0.25) is 0 Å². The molecular weight excluding hydrogens is 245 g/mol. The molecule has 0 atom stereocenters. The fourth-order valence-electron chi connectivity index (χ4n) is 2.44. The molecule has 1 aliphatic rings. The second-order valence-corrected chi connectivity index (χ2v) is 4.81. The van der Waals surface area contributed by atoms with Crippen LogP contribution < -0.4 is 5.32 Å². The van der Waals surface area contributed by atoms with E-state index in [2.05, 4.69) is 10.3 Å². The molecule has 0 radical (unpaired) electrons. The van der Waals surface area contributed by atoms with Gasteiger partial charge in [-0.15, -0.1) is 0 Å². The lowest BCUT2D eigenvalue weighted by Gasteiger charge is -2.18. The average Bonchev–Trinajstić information content (AvgIpc) is 2.64. The summed E-state index contributed by atoms with van der Waals surface area (Å²) in [5.41, 5.74) is 1.32. The number of carbonyl (C=O) groups excluding carboxylic acids is 1. The van der Waals surface area contributed by atoms with Crippen LogP contribution in [0.1, 0.15) is 16.9 Å². The number of carbonyl (C=O) groups is 1. The molecule has 0 unspecified atom stereocenters. The van der Waals surface area contributed by atoms with Gasteiger partial charge in [-0.1, -0.05) is 0 Å². The van der Waals surface area contributed by atoms with Crippen LogP contribution in [0.4, 0.5) is 4.39 Å². The Bertz CT molecular complexity index is 600. The minimum atomic E-state index is -0.288.